The van der Waals surface area contributed by atoms with Gasteiger partial charge in [-0.25, -0.2) is 9.37 Å². The number of aliphatic hydroxyl groups is 1. The molecule has 1 aromatic heterocycles. The van der Waals surface area contributed by atoms with Gasteiger partial charge < -0.3 is 19.9 Å². The summed E-state index contributed by atoms with van der Waals surface area (Å²) in [5, 5.41) is 13.2. The number of aromatic nitrogens is 1. The van der Waals surface area contributed by atoms with Crippen LogP contribution in [-0.2, 0) is 10.4 Å². The van der Waals surface area contributed by atoms with E-state index in [1.807, 2.05) is 0 Å². The minimum Gasteiger partial charge on any atom is -0.493 e. The van der Waals surface area contributed by atoms with Crippen molar-refractivity contribution in [1.82, 2.24) is 4.98 Å². The lowest BCUT2D eigenvalue weighted by Crippen LogP contribution is -2.40. The molecule has 6 nitrogen and oxygen atoms in total. The average molecular weight is 380 g/mol. The number of carbonyl (C=O) groups excluding carboxylic acids is 1. The average Bonchev–Trinajstić information content (AvgIpc) is 2.99. The highest BCUT2D eigenvalue weighted by Gasteiger charge is 2.37. The number of thiazole rings is 1. The number of nitrogens with one attached hydrogen (secondary N) is 1. The van der Waals surface area contributed by atoms with Gasteiger partial charge >= 0.3 is 0 Å². The number of carbonyl (C=O) groups is 1. The molecule has 0 unspecified atom stereocenters. The Morgan fingerprint density at radius 3 is 2.73 bits per heavy atom. The van der Waals surface area contributed by atoms with Crippen LogP contribution in [0.1, 0.15) is 31.6 Å². The third-order valence-electron chi connectivity index (χ3n) is 4.22. The fourth-order valence-electron chi connectivity index (χ4n) is 2.62. The van der Waals surface area contributed by atoms with Gasteiger partial charge in [0.2, 0.25) is 5.91 Å². The molecular formula is C18H21FN2O4S. The third kappa shape index (κ3) is 4.13. The number of benzene rings is 1. The van der Waals surface area contributed by atoms with Gasteiger partial charge in [0.05, 0.1) is 17.6 Å². The molecule has 8 heteroatoms. The van der Waals surface area contributed by atoms with Gasteiger partial charge in [0.1, 0.15) is 11.9 Å². The van der Waals surface area contributed by atoms with Crippen molar-refractivity contribution in [2.24, 2.45) is 5.92 Å². The Bertz CT molecular complexity index is 797. The van der Waals surface area contributed by atoms with Crippen LogP contribution in [-0.4, -0.2) is 29.2 Å². The maximum Gasteiger partial charge on any atom is 0.229 e. The second kappa shape index (κ2) is 7.20. The minimum atomic E-state index is -0.986. The molecule has 1 aliphatic rings. The normalized spacial score (nSPS) is 19.6. The second-order valence-corrected chi connectivity index (χ2v) is 7.81. The number of methoxy groups -OCH3 is 1. The lowest BCUT2D eigenvalue weighted by molar-refractivity contribution is -0.125. The first-order valence-electron chi connectivity index (χ1n) is 8.26. The van der Waals surface area contributed by atoms with Crippen molar-refractivity contribution in [3.05, 3.63) is 35.1 Å². The third-order valence-corrected chi connectivity index (χ3v) is 5.45. The van der Waals surface area contributed by atoms with E-state index in [2.05, 4.69) is 10.3 Å². The fourth-order valence-corrected chi connectivity index (χ4v) is 3.44. The monoisotopic (exact) mass is 380 g/mol. The van der Waals surface area contributed by atoms with Gasteiger partial charge in [0, 0.05) is 18.2 Å². The molecule has 0 atom stereocenters. The maximum absolute atomic E-state index is 13.4. The molecule has 0 aliphatic heterocycles. The maximum atomic E-state index is 13.4. The summed E-state index contributed by atoms with van der Waals surface area (Å²) in [4.78, 5) is 17.1. The van der Waals surface area contributed by atoms with Crippen molar-refractivity contribution < 1.29 is 23.8 Å². The number of anilines is 1. The second-order valence-electron chi connectivity index (χ2n) is 6.78. The van der Waals surface area contributed by atoms with E-state index in [-0.39, 0.29) is 17.9 Å². The molecule has 3 rings (SSSR count). The Kier molecular flexibility index (Phi) is 5.15. The number of rotatable bonds is 6. The molecule has 1 heterocycles. The molecule has 26 heavy (non-hydrogen) atoms. The first-order chi connectivity index (χ1) is 12.3. The molecule has 140 valence electrons. The summed E-state index contributed by atoms with van der Waals surface area (Å²) in [5.41, 5.74) is -0.986. The Morgan fingerprint density at radius 1 is 1.38 bits per heavy atom. The zero-order valence-electron chi connectivity index (χ0n) is 14.8. The Labute approximate surface area is 155 Å². The van der Waals surface area contributed by atoms with Gasteiger partial charge in [0.25, 0.3) is 0 Å². The summed E-state index contributed by atoms with van der Waals surface area (Å²) in [6.45, 7) is 3.33. The number of halogens is 1. The van der Waals surface area contributed by atoms with Gasteiger partial charge in [-0.15, -0.1) is 0 Å². The first kappa shape index (κ1) is 18.6. The Balaban J connectivity index is 1.53. The van der Waals surface area contributed by atoms with E-state index < -0.39 is 11.4 Å². The molecule has 1 saturated carbocycles. The Hall–Kier alpha value is -2.19. The lowest BCUT2D eigenvalue weighted by atomic mass is 9.81. The molecule has 1 aliphatic carbocycles. The zero-order chi connectivity index (χ0) is 18.9. The van der Waals surface area contributed by atoms with Crippen LogP contribution in [0.25, 0.3) is 0 Å². The fraction of sp³-hybridized carbons (Fsp3) is 0.444. The smallest absolute Gasteiger partial charge is 0.229 e. The van der Waals surface area contributed by atoms with Crippen LogP contribution in [0, 0.1) is 11.7 Å². The molecule has 1 amide bonds. The summed E-state index contributed by atoms with van der Waals surface area (Å²) in [6, 6.07) is 4.09. The van der Waals surface area contributed by atoms with Crippen molar-refractivity contribution in [3.63, 3.8) is 0 Å². The molecule has 2 N–H and O–H groups in total. The first-order valence-corrected chi connectivity index (χ1v) is 9.07. The largest absolute Gasteiger partial charge is 0.493 e. The standard InChI is InChI=1S/C18H21FN2O4S/c1-18(2,23)15-9-20-17(26-15)21-16(22)10-6-12(7-10)25-14-8-11(19)4-5-13(14)24-3/h4-5,8-10,12,23H,6-7H2,1-3H3,(H,20,21,22). The van der Waals surface area contributed by atoms with Crippen molar-refractivity contribution in [1.29, 1.82) is 0 Å². The van der Waals surface area contributed by atoms with Crippen LogP contribution in [0.2, 0.25) is 0 Å². The highest BCUT2D eigenvalue weighted by Crippen LogP contribution is 2.37. The number of hydrogen-bond acceptors (Lipinski definition) is 6. The summed E-state index contributed by atoms with van der Waals surface area (Å²) < 4.78 is 24.3. The molecule has 0 radical (unpaired) electrons. The van der Waals surface area contributed by atoms with E-state index >= 15 is 0 Å². The van der Waals surface area contributed by atoms with E-state index in [4.69, 9.17) is 9.47 Å². The van der Waals surface area contributed by atoms with Gasteiger partial charge in [0.15, 0.2) is 16.6 Å². The van der Waals surface area contributed by atoms with Crippen LogP contribution in [0.5, 0.6) is 11.5 Å². The number of nitrogens with zero attached hydrogens (tertiary/aromatic N) is 1. The molecule has 0 spiro atoms. The van der Waals surface area contributed by atoms with E-state index in [0.717, 1.165) is 0 Å². The summed E-state index contributed by atoms with van der Waals surface area (Å²) in [5.74, 6) is 0.0786. The van der Waals surface area contributed by atoms with Crippen molar-refractivity contribution in [2.45, 2.75) is 38.4 Å². The van der Waals surface area contributed by atoms with Crippen LogP contribution in [0.15, 0.2) is 24.4 Å². The number of hydrogen-bond donors (Lipinski definition) is 2. The van der Waals surface area contributed by atoms with Crippen LogP contribution < -0.4 is 14.8 Å². The van der Waals surface area contributed by atoms with Crippen molar-refractivity contribution >= 4 is 22.4 Å². The predicted octanol–water partition coefficient (Wildman–Crippen LogP) is 3.31. The van der Waals surface area contributed by atoms with Gasteiger partial charge in [-0.3, -0.25) is 4.79 Å². The minimum absolute atomic E-state index is 0.132. The van der Waals surface area contributed by atoms with E-state index in [9.17, 15) is 14.3 Å². The molecule has 2 aromatic rings. The molecule has 0 saturated heterocycles. The summed E-state index contributed by atoms with van der Waals surface area (Å²) in [7, 11) is 1.49. The van der Waals surface area contributed by atoms with Crippen molar-refractivity contribution in [2.75, 3.05) is 12.4 Å². The lowest BCUT2D eigenvalue weighted by Gasteiger charge is -2.34. The highest BCUT2D eigenvalue weighted by atomic mass is 32.1. The van der Waals surface area contributed by atoms with Gasteiger partial charge in [-0.2, -0.15) is 0 Å². The Morgan fingerprint density at radius 2 is 2.12 bits per heavy atom. The highest BCUT2D eigenvalue weighted by molar-refractivity contribution is 7.15. The quantitative estimate of drug-likeness (QED) is 0.804. The van der Waals surface area contributed by atoms with Crippen molar-refractivity contribution in [3.8, 4) is 11.5 Å². The summed E-state index contributed by atoms with van der Waals surface area (Å²) in [6.07, 6.45) is 2.47. The van der Waals surface area contributed by atoms with Gasteiger partial charge in [-0.05, 0) is 38.8 Å². The van der Waals surface area contributed by atoms with E-state index in [1.54, 1.807) is 20.0 Å². The SMILES string of the molecule is COc1ccc(F)cc1OC1CC(C(=O)Nc2ncc(C(C)(C)O)s2)C1. The van der Waals surface area contributed by atoms with Crippen LogP contribution >= 0.6 is 11.3 Å². The molecule has 0 bridgehead atoms. The predicted molar refractivity (Wildman–Crippen MR) is 96.1 cm³/mol. The number of amides is 1. The molecule has 1 fully saturated rings. The number of ether oxygens (including phenoxy) is 2. The molecule has 1 aromatic carbocycles. The zero-order valence-corrected chi connectivity index (χ0v) is 15.6. The topological polar surface area (TPSA) is 80.7 Å². The van der Waals surface area contributed by atoms with Crippen LogP contribution in [0.3, 0.4) is 0 Å². The van der Waals surface area contributed by atoms with E-state index in [1.165, 1.54) is 36.6 Å². The van der Waals surface area contributed by atoms with Gasteiger partial charge in [-0.1, -0.05) is 11.3 Å². The summed E-state index contributed by atoms with van der Waals surface area (Å²) >= 11 is 1.25. The molecular weight excluding hydrogens is 359 g/mol. The van der Waals surface area contributed by atoms with Crippen LogP contribution in [0.4, 0.5) is 9.52 Å². The van der Waals surface area contributed by atoms with E-state index in [0.29, 0.717) is 34.3 Å².